The summed E-state index contributed by atoms with van der Waals surface area (Å²) in [5.74, 6) is 0.609. The van der Waals surface area contributed by atoms with E-state index in [4.69, 9.17) is 4.74 Å². The molecule has 6 nitrogen and oxygen atoms in total. The summed E-state index contributed by atoms with van der Waals surface area (Å²) in [4.78, 5) is 11.0. The van der Waals surface area contributed by atoms with E-state index in [0.717, 1.165) is 28.8 Å². The summed E-state index contributed by atoms with van der Waals surface area (Å²) >= 11 is 0. The van der Waals surface area contributed by atoms with Gasteiger partial charge in [-0.15, -0.1) is 0 Å². The molecule has 0 N–H and O–H groups in total. The molecule has 1 unspecified atom stereocenters. The SMILES string of the molecule is Cn1ncnc1C1COCCN1Cc1cc(F)cc2cccnc12. The predicted octanol–water partition coefficient (Wildman–Crippen LogP) is 2.08. The van der Waals surface area contributed by atoms with Crippen LogP contribution >= 0.6 is 0 Å². The average Bonchev–Trinajstić information content (AvgIpc) is 3.01. The van der Waals surface area contributed by atoms with Gasteiger partial charge in [-0.25, -0.2) is 9.37 Å². The Morgan fingerprint density at radius 1 is 1.33 bits per heavy atom. The number of aromatic nitrogens is 4. The number of morpholine rings is 1. The molecule has 0 saturated carbocycles. The lowest BCUT2D eigenvalue weighted by atomic mass is 10.1. The minimum Gasteiger partial charge on any atom is -0.378 e. The molecule has 0 radical (unpaired) electrons. The van der Waals surface area contributed by atoms with Gasteiger partial charge in [0.2, 0.25) is 0 Å². The van der Waals surface area contributed by atoms with Gasteiger partial charge in [-0.3, -0.25) is 14.6 Å². The summed E-state index contributed by atoms with van der Waals surface area (Å²) in [6.45, 7) is 2.54. The van der Waals surface area contributed by atoms with Crippen LogP contribution in [0.2, 0.25) is 0 Å². The number of pyridine rings is 1. The van der Waals surface area contributed by atoms with E-state index >= 15 is 0 Å². The van der Waals surface area contributed by atoms with Crippen LogP contribution in [0.25, 0.3) is 10.9 Å². The summed E-state index contributed by atoms with van der Waals surface area (Å²) in [6.07, 6.45) is 3.28. The Morgan fingerprint density at radius 2 is 2.25 bits per heavy atom. The quantitative estimate of drug-likeness (QED) is 0.737. The molecule has 1 aliphatic rings. The second-order valence-corrected chi connectivity index (χ2v) is 5.94. The maximum atomic E-state index is 14.0. The second-order valence-electron chi connectivity index (χ2n) is 5.94. The number of aryl methyl sites for hydroxylation is 1. The molecule has 1 aromatic carbocycles. The van der Waals surface area contributed by atoms with Gasteiger partial charge in [0.25, 0.3) is 0 Å². The number of rotatable bonds is 3. The number of benzene rings is 1. The Morgan fingerprint density at radius 3 is 3.08 bits per heavy atom. The summed E-state index contributed by atoms with van der Waals surface area (Å²) in [7, 11) is 1.87. The highest BCUT2D eigenvalue weighted by molar-refractivity contribution is 5.81. The van der Waals surface area contributed by atoms with Crippen LogP contribution in [0.4, 0.5) is 4.39 Å². The largest absolute Gasteiger partial charge is 0.378 e. The normalized spacial score (nSPS) is 19.0. The minimum atomic E-state index is -0.242. The molecule has 4 rings (SSSR count). The van der Waals surface area contributed by atoms with E-state index in [9.17, 15) is 4.39 Å². The Balaban J connectivity index is 1.70. The first-order chi connectivity index (χ1) is 11.7. The third kappa shape index (κ3) is 2.76. The van der Waals surface area contributed by atoms with Crippen molar-refractivity contribution < 1.29 is 9.13 Å². The van der Waals surface area contributed by atoms with Gasteiger partial charge in [-0.2, -0.15) is 5.10 Å². The molecule has 2 aromatic heterocycles. The third-order valence-electron chi connectivity index (χ3n) is 4.41. The highest BCUT2D eigenvalue weighted by atomic mass is 19.1. The van der Waals surface area contributed by atoms with E-state index in [1.54, 1.807) is 23.3 Å². The molecule has 1 fully saturated rings. The Bertz CT molecular complexity index is 865. The van der Waals surface area contributed by atoms with E-state index in [0.29, 0.717) is 19.8 Å². The van der Waals surface area contributed by atoms with Crippen molar-refractivity contribution in [3.8, 4) is 0 Å². The van der Waals surface area contributed by atoms with E-state index in [1.807, 2.05) is 19.2 Å². The lowest BCUT2D eigenvalue weighted by Crippen LogP contribution is -2.40. The van der Waals surface area contributed by atoms with Crippen molar-refractivity contribution in [2.75, 3.05) is 19.8 Å². The second kappa shape index (κ2) is 6.26. The maximum Gasteiger partial charge on any atom is 0.146 e. The fourth-order valence-corrected chi connectivity index (χ4v) is 3.24. The van der Waals surface area contributed by atoms with E-state index < -0.39 is 0 Å². The van der Waals surface area contributed by atoms with E-state index in [-0.39, 0.29) is 11.9 Å². The van der Waals surface area contributed by atoms with Crippen LogP contribution in [-0.4, -0.2) is 44.4 Å². The van der Waals surface area contributed by atoms with Crippen molar-refractivity contribution >= 4 is 10.9 Å². The fourth-order valence-electron chi connectivity index (χ4n) is 3.24. The topological polar surface area (TPSA) is 56.1 Å². The number of fused-ring (bicyclic) bond motifs is 1. The summed E-state index contributed by atoms with van der Waals surface area (Å²) in [5.41, 5.74) is 1.71. The molecule has 0 aliphatic carbocycles. The molecule has 3 aromatic rings. The molecular formula is C17H18FN5O. The molecule has 7 heteroatoms. The molecule has 3 heterocycles. The zero-order chi connectivity index (χ0) is 16.5. The minimum absolute atomic E-state index is 0.00622. The highest BCUT2D eigenvalue weighted by Gasteiger charge is 2.28. The van der Waals surface area contributed by atoms with Gasteiger partial charge in [0.05, 0.1) is 24.8 Å². The van der Waals surface area contributed by atoms with Crippen molar-refractivity contribution in [2.45, 2.75) is 12.6 Å². The Kier molecular flexibility index (Phi) is 3.95. The Hall–Kier alpha value is -2.38. The van der Waals surface area contributed by atoms with Crippen molar-refractivity contribution in [1.29, 1.82) is 0 Å². The van der Waals surface area contributed by atoms with Crippen LogP contribution < -0.4 is 0 Å². The number of hydrogen-bond acceptors (Lipinski definition) is 5. The van der Waals surface area contributed by atoms with Gasteiger partial charge in [0.15, 0.2) is 0 Å². The molecule has 1 aliphatic heterocycles. The van der Waals surface area contributed by atoms with Crippen LogP contribution in [0.5, 0.6) is 0 Å². The molecule has 0 bridgehead atoms. The van der Waals surface area contributed by atoms with Gasteiger partial charge in [-0.05, 0) is 23.8 Å². The third-order valence-corrected chi connectivity index (χ3v) is 4.41. The number of ether oxygens (including phenoxy) is 1. The van der Waals surface area contributed by atoms with Crippen LogP contribution in [-0.2, 0) is 18.3 Å². The lowest BCUT2D eigenvalue weighted by molar-refractivity contribution is -0.0170. The van der Waals surface area contributed by atoms with Crippen LogP contribution in [0, 0.1) is 5.82 Å². The molecule has 124 valence electrons. The molecule has 0 spiro atoms. The molecule has 1 saturated heterocycles. The van der Waals surface area contributed by atoms with Gasteiger partial charge in [0, 0.05) is 31.7 Å². The van der Waals surface area contributed by atoms with E-state index in [2.05, 4.69) is 20.0 Å². The lowest BCUT2D eigenvalue weighted by Gasteiger charge is -2.34. The summed E-state index contributed by atoms with van der Waals surface area (Å²) < 4.78 is 21.4. The van der Waals surface area contributed by atoms with Crippen molar-refractivity contribution in [3.63, 3.8) is 0 Å². The Labute approximate surface area is 138 Å². The first-order valence-electron chi connectivity index (χ1n) is 7.91. The summed E-state index contributed by atoms with van der Waals surface area (Å²) in [6, 6.07) is 6.79. The smallest absolute Gasteiger partial charge is 0.146 e. The average molecular weight is 327 g/mol. The highest BCUT2D eigenvalue weighted by Crippen LogP contribution is 2.27. The molecule has 0 amide bonds. The first-order valence-corrected chi connectivity index (χ1v) is 7.91. The zero-order valence-corrected chi connectivity index (χ0v) is 13.4. The first kappa shape index (κ1) is 15.2. The standard InChI is InChI=1S/C17H18FN5O/c1-22-17(20-11-21-22)15-10-24-6-5-23(15)9-13-8-14(18)7-12-3-2-4-19-16(12)13/h2-4,7-8,11,15H,5-6,9-10H2,1H3. The van der Waals surface area contributed by atoms with E-state index in [1.165, 1.54) is 6.07 Å². The zero-order valence-electron chi connectivity index (χ0n) is 13.4. The van der Waals surface area contributed by atoms with Crippen molar-refractivity contribution in [3.05, 3.63) is 54.0 Å². The number of nitrogens with zero attached hydrogens (tertiary/aromatic N) is 5. The monoisotopic (exact) mass is 327 g/mol. The van der Waals surface area contributed by atoms with Gasteiger partial charge in [0.1, 0.15) is 18.0 Å². The molecule has 24 heavy (non-hydrogen) atoms. The van der Waals surface area contributed by atoms with Gasteiger partial charge < -0.3 is 4.74 Å². The van der Waals surface area contributed by atoms with Crippen molar-refractivity contribution in [1.82, 2.24) is 24.6 Å². The number of hydrogen-bond donors (Lipinski definition) is 0. The van der Waals surface area contributed by atoms with Crippen LogP contribution in [0.15, 0.2) is 36.8 Å². The number of halogens is 1. The predicted molar refractivity (Wildman–Crippen MR) is 86.7 cm³/mol. The van der Waals surface area contributed by atoms with Gasteiger partial charge in [-0.1, -0.05) is 6.07 Å². The molecular weight excluding hydrogens is 309 g/mol. The van der Waals surface area contributed by atoms with Crippen molar-refractivity contribution in [2.24, 2.45) is 7.05 Å². The van der Waals surface area contributed by atoms with Crippen LogP contribution in [0.1, 0.15) is 17.4 Å². The maximum absolute atomic E-state index is 14.0. The van der Waals surface area contributed by atoms with Crippen LogP contribution in [0.3, 0.4) is 0 Å². The summed E-state index contributed by atoms with van der Waals surface area (Å²) in [5, 5.41) is 4.96. The fraction of sp³-hybridized carbons (Fsp3) is 0.353. The molecule has 1 atom stereocenters. The van der Waals surface area contributed by atoms with Gasteiger partial charge >= 0.3 is 0 Å².